The van der Waals surface area contributed by atoms with Gasteiger partial charge in [-0.15, -0.1) is 11.8 Å². The van der Waals surface area contributed by atoms with E-state index < -0.39 is 11.4 Å². The van der Waals surface area contributed by atoms with Crippen LogP contribution in [0.2, 0.25) is 0 Å². The maximum atomic E-state index is 12.3. The standard InChI is InChI=1S/C17H24N2O3S/c1-16(2,3)23-13-7-5-12(6-8-13)18-15(22)19-10-9-17(4,11-19)14(20)21/h5-8H,9-11H2,1-4H3,(H,18,22)(H,20,21). The molecule has 0 aromatic heterocycles. The van der Waals surface area contributed by atoms with Crippen molar-refractivity contribution >= 4 is 29.4 Å². The molecule has 1 heterocycles. The number of urea groups is 1. The van der Waals surface area contributed by atoms with Crippen molar-refractivity contribution in [1.29, 1.82) is 0 Å². The van der Waals surface area contributed by atoms with Crippen LogP contribution >= 0.6 is 11.8 Å². The van der Waals surface area contributed by atoms with Crippen molar-refractivity contribution < 1.29 is 14.7 Å². The number of amides is 2. The predicted octanol–water partition coefficient (Wildman–Crippen LogP) is 3.91. The van der Waals surface area contributed by atoms with Crippen LogP contribution < -0.4 is 5.32 Å². The largest absolute Gasteiger partial charge is 0.481 e. The lowest BCUT2D eigenvalue weighted by Gasteiger charge is -2.21. The van der Waals surface area contributed by atoms with Crippen LogP contribution in [-0.2, 0) is 4.79 Å². The van der Waals surface area contributed by atoms with Gasteiger partial charge in [0, 0.05) is 28.4 Å². The van der Waals surface area contributed by atoms with E-state index in [1.165, 1.54) is 0 Å². The van der Waals surface area contributed by atoms with Crippen molar-refractivity contribution in [3.63, 3.8) is 0 Å². The van der Waals surface area contributed by atoms with Crippen molar-refractivity contribution in [3.05, 3.63) is 24.3 Å². The SMILES string of the molecule is CC(C)(C)Sc1ccc(NC(=O)N2CCC(C)(C(=O)O)C2)cc1. The fraction of sp³-hybridized carbons (Fsp3) is 0.529. The van der Waals surface area contributed by atoms with Gasteiger partial charge in [-0.2, -0.15) is 0 Å². The molecule has 1 atom stereocenters. The molecule has 2 rings (SSSR count). The minimum atomic E-state index is -0.851. The van der Waals surface area contributed by atoms with E-state index in [4.69, 9.17) is 0 Å². The molecule has 1 aliphatic rings. The number of carboxylic acid groups (broad SMARTS) is 1. The molecule has 0 radical (unpaired) electrons. The summed E-state index contributed by atoms with van der Waals surface area (Å²) in [6.07, 6.45) is 0.483. The number of aliphatic carboxylic acids is 1. The summed E-state index contributed by atoms with van der Waals surface area (Å²) in [5.74, 6) is -0.851. The smallest absolute Gasteiger partial charge is 0.321 e. The highest BCUT2D eigenvalue weighted by molar-refractivity contribution is 8.00. The second kappa shape index (κ2) is 6.43. The number of rotatable bonds is 3. The first-order valence-corrected chi connectivity index (χ1v) is 8.49. The first kappa shape index (κ1) is 17.7. The summed E-state index contributed by atoms with van der Waals surface area (Å²) in [7, 11) is 0. The Balaban J connectivity index is 1.95. The minimum absolute atomic E-state index is 0.140. The van der Waals surface area contributed by atoms with E-state index in [1.54, 1.807) is 23.6 Å². The van der Waals surface area contributed by atoms with Crippen molar-refractivity contribution in [2.24, 2.45) is 5.41 Å². The molecule has 6 heteroatoms. The molecule has 0 spiro atoms. The molecule has 1 fully saturated rings. The highest BCUT2D eigenvalue weighted by Crippen LogP contribution is 2.33. The van der Waals surface area contributed by atoms with Gasteiger partial charge in [-0.3, -0.25) is 4.79 Å². The molecule has 0 aliphatic carbocycles. The Labute approximate surface area is 141 Å². The molecular formula is C17H24N2O3S. The molecule has 2 N–H and O–H groups in total. The van der Waals surface area contributed by atoms with Crippen LogP contribution in [0.1, 0.15) is 34.1 Å². The van der Waals surface area contributed by atoms with E-state index in [2.05, 4.69) is 26.1 Å². The highest BCUT2D eigenvalue weighted by Gasteiger charge is 2.42. The van der Waals surface area contributed by atoms with Crippen molar-refractivity contribution in [2.45, 2.75) is 43.8 Å². The molecule has 1 saturated heterocycles. The molecule has 5 nitrogen and oxygen atoms in total. The first-order chi connectivity index (χ1) is 10.6. The normalized spacial score (nSPS) is 21.3. The molecule has 126 valence electrons. The Bertz CT molecular complexity index is 595. The van der Waals surface area contributed by atoms with E-state index in [-0.39, 0.29) is 17.3 Å². The zero-order valence-electron chi connectivity index (χ0n) is 14.0. The van der Waals surface area contributed by atoms with Gasteiger partial charge in [-0.25, -0.2) is 4.79 Å². The molecule has 23 heavy (non-hydrogen) atoms. The molecule has 0 bridgehead atoms. The first-order valence-electron chi connectivity index (χ1n) is 7.67. The summed E-state index contributed by atoms with van der Waals surface area (Å²) in [5, 5.41) is 12.1. The van der Waals surface area contributed by atoms with E-state index >= 15 is 0 Å². The van der Waals surface area contributed by atoms with Gasteiger partial charge < -0.3 is 15.3 Å². The van der Waals surface area contributed by atoms with Gasteiger partial charge >= 0.3 is 12.0 Å². The average Bonchev–Trinajstić information content (AvgIpc) is 2.84. The van der Waals surface area contributed by atoms with Crippen molar-refractivity contribution in [2.75, 3.05) is 18.4 Å². The quantitative estimate of drug-likeness (QED) is 0.821. The highest BCUT2D eigenvalue weighted by atomic mass is 32.2. The zero-order valence-corrected chi connectivity index (χ0v) is 14.9. The fourth-order valence-electron chi connectivity index (χ4n) is 2.47. The van der Waals surface area contributed by atoms with Gasteiger partial charge in [0.05, 0.1) is 5.41 Å². The van der Waals surface area contributed by atoms with Crippen molar-refractivity contribution in [3.8, 4) is 0 Å². The molecule has 1 aromatic rings. The maximum absolute atomic E-state index is 12.3. The third kappa shape index (κ3) is 4.64. The number of carboxylic acids is 1. The number of hydrogen-bond acceptors (Lipinski definition) is 3. The van der Waals surface area contributed by atoms with E-state index in [0.717, 1.165) is 10.6 Å². The third-order valence-corrected chi connectivity index (χ3v) is 4.93. The molecular weight excluding hydrogens is 312 g/mol. The maximum Gasteiger partial charge on any atom is 0.321 e. The van der Waals surface area contributed by atoms with Crippen LogP contribution in [0, 0.1) is 5.41 Å². The second-order valence-corrected chi connectivity index (χ2v) is 9.11. The van der Waals surface area contributed by atoms with Gasteiger partial charge in [-0.1, -0.05) is 20.8 Å². The summed E-state index contributed by atoms with van der Waals surface area (Å²) >= 11 is 1.77. The summed E-state index contributed by atoms with van der Waals surface area (Å²) in [5.41, 5.74) is -0.123. The van der Waals surface area contributed by atoms with E-state index in [1.807, 2.05) is 24.3 Å². The van der Waals surface area contributed by atoms with Gasteiger partial charge in [0.1, 0.15) is 0 Å². The van der Waals surface area contributed by atoms with E-state index in [0.29, 0.717) is 13.0 Å². The number of anilines is 1. The lowest BCUT2D eigenvalue weighted by Crippen LogP contribution is -2.37. The summed E-state index contributed by atoms with van der Waals surface area (Å²) in [6, 6.07) is 7.47. The van der Waals surface area contributed by atoms with Gasteiger partial charge in [-0.05, 0) is 37.6 Å². The van der Waals surface area contributed by atoms with Crippen LogP contribution in [0.4, 0.5) is 10.5 Å². The average molecular weight is 336 g/mol. The monoisotopic (exact) mass is 336 g/mol. The summed E-state index contributed by atoms with van der Waals surface area (Å²) < 4.78 is 0.140. The lowest BCUT2D eigenvalue weighted by atomic mass is 9.90. The topological polar surface area (TPSA) is 69.6 Å². The summed E-state index contributed by atoms with van der Waals surface area (Å²) in [4.78, 5) is 26.2. The third-order valence-electron chi connectivity index (χ3n) is 3.81. The Morgan fingerprint density at radius 3 is 2.35 bits per heavy atom. The molecule has 0 saturated carbocycles. The van der Waals surface area contributed by atoms with Gasteiger partial charge in [0.25, 0.3) is 0 Å². The number of likely N-dealkylation sites (tertiary alicyclic amines) is 1. The summed E-state index contributed by atoms with van der Waals surface area (Å²) in [6.45, 7) is 8.85. The Kier molecular flexibility index (Phi) is 4.94. The minimum Gasteiger partial charge on any atom is -0.481 e. The molecule has 2 amide bonds. The van der Waals surface area contributed by atoms with Gasteiger partial charge in [0.15, 0.2) is 0 Å². The van der Waals surface area contributed by atoms with Crippen molar-refractivity contribution in [1.82, 2.24) is 4.90 Å². The Hall–Kier alpha value is -1.69. The Morgan fingerprint density at radius 1 is 1.26 bits per heavy atom. The zero-order chi connectivity index (χ0) is 17.3. The number of benzene rings is 1. The fourth-order valence-corrected chi connectivity index (χ4v) is 3.45. The second-order valence-electron chi connectivity index (χ2n) is 7.21. The predicted molar refractivity (Wildman–Crippen MR) is 93.0 cm³/mol. The molecule has 1 aliphatic heterocycles. The van der Waals surface area contributed by atoms with E-state index in [9.17, 15) is 14.7 Å². The number of nitrogens with zero attached hydrogens (tertiary/aromatic N) is 1. The lowest BCUT2D eigenvalue weighted by molar-refractivity contribution is -0.146. The molecule has 1 unspecified atom stereocenters. The van der Waals surface area contributed by atoms with Gasteiger partial charge in [0.2, 0.25) is 0 Å². The molecule has 1 aromatic carbocycles. The van der Waals surface area contributed by atoms with Crippen LogP contribution in [-0.4, -0.2) is 39.8 Å². The number of carbonyl (C=O) groups excluding carboxylic acids is 1. The van der Waals surface area contributed by atoms with Crippen LogP contribution in [0.25, 0.3) is 0 Å². The Morgan fingerprint density at radius 2 is 1.87 bits per heavy atom. The number of hydrogen-bond donors (Lipinski definition) is 2. The van der Waals surface area contributed by atoms with Crippen LogP contribution in [0.15, 0.2) is 29.2 Å². The van der Waals surface area contributed by atoms with Crippen LogP contribution in [0.5, 0.6) is 0 Å². The van der Waals surface area contributed by atoms with Crippen LogP contribution in [0.3, 0.4) is 0 Å². The number of nitrogens with one attached hydrogen (secondary N) is 1. The number of carbonyl (C=O) groups is 2. The number of thioether (sulfide) groups is 1.